The van der Waals surface area contributed by atoms with Crippen LogP contribution in [0.3, 0.4) is 0 Å². The van der Waals surface area contributed by atoms with Gasteiger partial charge in [0.25, 0.3) is 0 Å². The fourth-order valence-corrected chi connectivity index (χ4v) is 2.58. The van der Waals surface area contributed by atoms with Gasteiger partial charge in [-0.25, -0.2) is 0 Å². The predicted octanol–water partition coefficient (Wildman–Crippen LogP) is 4.56. The summed E-state index contributed by atoms with van der Waals surface area (Å²) in [4.78, 5) is 11.1. The number of carbonyl (C=O) groups is 1. The normalized spacial score (nSPS) is 12.3. The van der Waals surface area contributed by atoms with E-state index in [1.165, 1.54) is 16.7 Å². The summed E-state index contributed by atoms with van der Waals surface area (Å²) in [6, 6.07) is 4.23. The van der Waals surface area contributed by atoms with E-state index in [0.29, 0.717) is 12.3 Å². The molecule has 0 N–H and O–H groups in total. The van der Waals surface area contributed by atoms with Crippen LogP contribution in [0.4, 0.5) is 0 Å². The topological polar surface area (TPSA) is 26.3 Å². The Morgan fingerprint density at radius 3 is 2.32 bits per heavy atom. The van der Waals surface area contributed by atoms with E-state index in [1.807, 2.05) is 0 Å². The molecule has 0 aliphatic carbocycles. The molecule has 0 heterocycles. The van der Waals surface area contributed by atoms with Crippen LogP contribution in [0.25, 0.3) is 0 Å². The van der Waals surface area contributed by atoms with Crippen LogP contribution in [-0.2, 0) is 4.79 Å². The molecule has 0 saturated heterocycles. The van der Waals surface area contributed by atoms with Crippen LogP contribution >= 0.6 is 0 Å². The molecule has 1 aromatic carbocycles. The second kappa shape index (κ2) is 7.32. The Morgan fingerprint density at radius 2 is 1.84 bits per heavy atom. The average Bonchev–Trinajstić information content (AvgIpc) is 2.33. The molecule has 0 spiro atoms. The summed E-state index contributed by atoms with van der Waals surface area (Å²) in [5.74, 6) is 1.65. The van der Waals surface area contributed by atoms with Crippen LogP contribution in [0.1, 0.15) is 62.6 Å². The first kappa shape index (κ1) is 15.7. The maximum absolute atomic E-state index is 11.1. The lowest BCUT2D eigenvalue weighted by Crippen LogP contribution is -2.04. The summed E-state index contributed by atoms with van der Waals surface area (Å²) in [6.45, 7) is 11.0. The van der Waals surface area contributed by atoms with Gasteiger partial charge in [-0.05, 0) is 68.4 Å². The number of ketones is 1. The molecule has 1 atom stereocenters. The highest BCUT2D eigenvalue weighted by molar-refractivity contribution is 5.75. The first-order valence-electron chi connectivity index (χ1n) is 7.19. The van der Waals surface area contributed by atoms with Gasteiger partial charge in [0.1, 0.15) is 11.5 Å². The molecule has 0 aliphatic rings. The van der Waals surface area contributed by atoms with Gasteiger partial charge in [0.2, 0.25) is 0 Å². The number of ether oxygens (including phenoxy) is 1. The van der Waals surface area contributed by atoms with Crippen molar-refractivity contribution in [1.29, 1.82) is 0 Å². The smallest absolute Gasteiger partial charge is 0.129 e. The highest BCUT2D eigenvalue weighted by Crippen LogP contribution is 2.30. The van der Waals surface area contributed by atoms with Gasteiger partial charge < -0.3 is 9.53 Å². The van der Waals surface area contributed by atoms with Crippen molar-refractivity contribution < 1.29 is 9.53 Å². The quantitative estimate of drug-likeness (QED) is 0.719. The standard InChI is InChI=1S/C17H26O2/c1-6-9-19-16-10-13(3)17(14(4)11-16)12(2)7-8-15(5)18/h10-12H,6-9H2,1-5H3. The second-order valence-corrected chi connectivity index (χ2v) is 5.46. The van der Waals surface area contributed by atoms with Gasteiger partial charge in [-0.1, -0.05) is 13.8 Å². The summed E-state index contributed by atoms with van der Waals surface area (Å²) < 4.78 is 5.70. The molecule has 0 radical (unpaired) electrons. The van der Waals surface area contributed by atoms with E-state index in [-0.39, 0.29) is 5.78 Å². The monoisotopic (exact) mass is 262 g/mol. The lowest BCUT2D eigenvalue weighted by molar-refractivity contribution is -0.117. The van der Waals surface area contributed by atoms with Crippen molar-refractivity contribution in [3.8, 4) is 5.75 Å². The molecule has 1 unspecified atom stereocenters. The summed E-state index contributed by atoms with van der Waals surface area (Å²) in [6.07, 6.45) is 2.61. The van der Waals surface area contributed by atoms with Gasteiger partial charge >= 0.3 is 0 Å². The van der Waals surface area contributed by atoms with Gasteiger partial charge in [0, 0.05) is 6.42 Å². The van der Waals surface area contributed by atoms with Gasteiger partial charge in [-0.15, -0.1) is 0 Å². The van der Waals surface area contributed by atoms with E-state index in [1.54, 1.807) is 6.92 Å². The fraction of sp³-hybridized carbons (Fsp3) is 0.588. The Kier molecular flexibility index (Phi) is 6.07. The zero-order valence-corrected chi connectivity index (χ0v) is 12.9. The van der Waals surface area contributed by atoms with Crippen LogP contribution in [0.15, 0.2) is 12.1 Å². The molecule has 1 aromatic rings. The molecule has 0 aromatic heterocycles. The van der Waals surface area contributed by atoms with E-state index in [2.05, 4.69) is 39.8 Å². The summed E-state index contributed by atoms with van der Waals surface area (Å²) >= 11 is 0. The second-order valence-electron chi connectivity index (χ2n) is 5.46. The first-order valence-corrected chi connectivity index (χ1v) is 7.19. The van der Waals surface area contributed by atoms with Crippen molar-refractivity contribution in [3.05, 3.63) is 28.8 Å². The summed E-state index contributed by atoms with van der Waals surface area (Å²) in [5, 5.41) is 0. The predicted molar refractivity (Wildman–Crippen MR) is 80.0 cm³/mol. The molecule has 106 valence electrons. The first-order chi connectivity index (χ1) is 8.95. The van der Waals surface area contributed by atoms with Gasteiger partial charge in [-0.3, -0.25) is 0 Å². The van der Waals surface area contributed by atoms with Crippen LogP contribution in [0.5, 0.6) is 5.75 Å². The zero-order chi connectivity index (χ0) is 14.4. The van der Waals surface area contributed by atoms with E-state index >= 15 is 0 Å². The molecular formula is C17H26O2. The van der Waals surface area contributed by atoms with E-state index in [4.69, 9.17) is 4.74 Å². The van der Waals surface area contributed by atoms with Crippen LogP contribution in [-0.4, -0.2) is 12.4 Å². The van der Waals surface area contributed by atoms with Crippen LogP contribution in [0, 0.1) is 13.8 Å². The Labute approximate surface area is 117 Å². The van der Waals surface area contributed by atoms with E-state index in [0.717, 1.165) is 25.2 Å². The average molecular weight is 262 g/mol. The molecule has 2 nitrogen and oxygen atoms in total. The third-order valence-electron chi connectivity index (χ3n) is 3.46. The SMILES string of the molecule is CCCOc1cc(C)c(C(C)CCC(C)=O)c(C)c1. The number of carbonyl (C=O) groups excluding carboxylic acids is 1. The largest absolute Gasteiger partial charge is 0.494 e. The Bertz CT molecular complexity index is 412. The lowest BCUT2D eigenvalue weighted by atomic mass is 9.88. The Balaban J connectivity index is 2.86. The van der Waals surface area contributed by atoms with Crippen molar-refractivity contribution >= 4 is 5.78 Å². The van der Waals surface area contributed by atoms with Crippen LogP contribution < -0.4 is 4.74 Å². The van der Waals surface area contributed by atoms with Crippen molar-refractivity contribution in [1.82, 2.24) is 0 Å². The van der Waals surface area contributed by atoms with Crippen molar-refractivity contribution in [3.63, 3.8) is 0 Å². The molecule has 2 heteroatoms. The van der Waals surface area contributed by atoms with Gasteiger partial charge in [-0.2, -0.15) is 0 Å². The van der Waals surface area contributed by atoms with Crippen molar-refractivity contribution in [2.45, 2.75) is 59.8 Å². The summed E-state index contributed by atoms with van der Waals surface area (Å²) in [5.41, 5.74) is 3.90. The molecular weight excluding hydrogens is 236 g/mol. The molecule has 0 bridgehead atoms. The number of aryl methyl sites for hydroxylation is 2. The number of Topliss-reactive ketones (excluding diaryl/α,β-unsaturated/α-hetero) is 1. The molecule has 19 heavy (non-hydrogen) atoms. The Morgan fingerprint density at radius 1 is 1.26 bits per heavy atom. The van der Waals surface area contributed by atoms with Gasteiger partial charge in [0.15, 0.2) is 0 Å². The maximum Gasteiger partial charge on any atom is 0.129 e. The third kappa shape index (κ3) is 4.70. The zero-order valence-electron chi connectivity index (χ0n) is 12.9. The number of rotatable bonds is 7. The highest BCUT2D eigenvalue weighted by Gasteiger charge is 2.13. The lowest BCUT2D eigenvalue weighted by Gasteiger charge is -2.19. The molecule has 0 amide bonds. The number of benzene rings is 1. The fourth-order valence-electron chi connectivity index (χ4n) is 2.58. The Hall–Kier alpha value is -1.31. The summed E-state index contributed by atoms with van der Waals surface area (Å²) in [7, 11) is 0. The number of hydrogen-bond donors (Lipinski definition) is 0. The molecule has 1 rings (SSSR count). The minimum Gasteiger partial charge on any atom is -0.494 e. The minimum atomic E-state index is 0.269. The number of hydrogen-bond acceptors (Lipinski definition) is 2. The van der Waals surface area contributed by atoms with Gasteiger partial charge in [0.05, 0.1) is 6.61 Å². The van der Waals surface area contributed by atoms with Crippen molar-refractivity contribution in [2.75, 3.05) is 6.61 Å². The maximum atomic E-state index is 11.1. The molecule has 0 fully saturated rings. The van der Waals surface area contributed by atoms with Crippen LogP contribution in [0.2, 0.25) is 0 Å². The van der Waals surface area contributed by atoms with E-state index < -0.39 is 0 Å². The third-order valence-corrected chi connectivity index (χ3v) is 3.46. The highest BCUT2D eigenvalue weighted by atomic mass is 16.5. The minimum absolute atomic E-state index is 0.269. The van der Waals surface area contributed by atoms with Crippen molar-refractivity contribution in [2.24, 2.45) is 0 Å². The molecule has 0 saturated carbocycles. The van der Waals surface area contributed by atoms with E-state index in [9.17, 15) is 4.79 Å². The molecule has 0 aliphatic heterocycles.